The van der Waals surface area contributed by atoms with Crippen LogP contribution in [0.2, 0.25) is 0 Å². The maximum absolute atomic E-state index is 6.59. The molecule has 0 fully saturated rings. The third kappa shape index (κ3) is 3.88. The Morgan fingerprint density at radius 3 is 2.07 bits per heavy atom. The van der Waals surface area contributed by atoms with Crippen molar-refractivity contribution in [3.63, 3.8) is 0 Å². The lowest BCUT2D eigenvalue weighted by molar-refractivity contribution is 0.669. The minimum atomic E-state index is 0.882. The summed E-state index contributed by atoms with van der Waals surface area (Å²) >= 11 is 0. The summed E-state index contributed by atoms with van der Waals surface area (Å²) in [6.45, 7) is 2.15. The van der Waals surface area contributed by atoms with E-state index < -0.39 is 0 Å². The second-order valence-corrected chi connectivity index (χ2v) is 10.7. The smallest absolute Gasteiger partial charge is 0.159 e. The average molecular weight is 526 g/mol. The standard InChI is InChI=1S/C39H27NO/c1-26-10-8-14-31(24-26)40(36-18-9-17-34-33-16-6-7-19-37(33)41-39(34)36)35-23-22-28-12-4-5-15-32(28)38(35)30-21-20-27-11-2-3-13-29(27)25-30/h2-25H,1H3. The fourth-order valence-electron chi connectivity index (χ4n) is 6.18. The van der Waals surface area contributed by atoms with Crippen LogP contribution in [0.1, 0.15) is 5.56 Å². The van der Waals surface area contributed by atoms with E-state index >= 15 is 0 Å². The molecule has 0 N–H and O–H groups in total. The zero-order valence-corrected chi connectivity index (χ0v) is 22.7. The maximum Gasteiger partial charge on any atom is 0.159 e. The Kier molecular flexibility index (Phi) is 5.39. The molecule has 0 radical (unpaired) electrons. The number of para-hydroxylation sites is 2. The molecule has 0 aliphatic rings. The third-order valence-electron chi connectivity index (χ3n) is 8.07. The van der Waals surface area contributed by atoms with Gasteiger partial charge in [-0.3, -0.25) is 0 Å². The van der Waals surface area contributed by atoms with Crippen molar-refractivity contribution in [3.05, 3.63) is 151 Å². The molecule has 8 aromatic rings. The topological polar surface area (TPSA) is 16.4 Å². The fraction of sp³-hybridized carbons (Fsp3) is 0.0256. The van der Waals surface area contributed by atoms with Crippen LogP contribution in [0.3, 0.4) is 0 Å². The second-order valence-electron chi connectivity index (χ2n) is 10.7. The molecule has 8 rings (SSSR count). The zero-order chi connectivity index (χ0) is 27.3. The molecule has 2 nitrogen and oxygen atoms in total. The zero-order valence-electron chi connectivity index (χ0n) is 22.7. The first-order valence-corrected chi connectivity index (χ1v) is 14.0. The van der Waals surface area contributed by atoms with E-state index in [0.717, 1.165) is 39.0 Å². The SMILES string of the molecule is Cc1cccc(N(c2ccc3ccccc3c2-c2ccc3ccccc3c2)c2cccc3c2oc2ccccc23)c1. The number of fused-ring (bicyclic) bond motifs is 5. The molecular weight excluding hydrogens is 498 g/mol. The molecule has 0 bridgehead atoms. The van der Waals surface area contributed by atoms with Crippen molar-refractivity contribution in [1.82, 2.24) is 0 Å². The summed E-state index contributed by atoms with van der Waals surface area (Å²) in [7, 11) is 0. The van der Waals surface area contributed by atoms with Gasteiger partial charge in [-0.15, -0.1) is 0 Å². The molecule has 0 aliphatic carbocycles. The van der Waals surface area contributed by atoms with Crippen LogP contribution in [0.4, 0.5) is 17.1 Å². The Bertz CT molecular complexity index is 2240. The fourth-order valence-corrected chi connectivity index (χ4v) is 6.18. The molecule has 0 spiro atoms. The van der Waals surface area contributed by atoms with Gasteiger partial charge in [-0.1, -0.05) is 109 Å². The summed E-state index contributed by atoms with van der Waals surface area (Å²) in [5.74, 6) is 0. The van der Waals surface area contributed by atoms with Gasteiger partial charge >= 0.3 is 0 Å². The van der Waals surface area contributed by atoms with Gasteiger partial charge in [0, 0.05) is 22.0 Å². The van der Waals surface area contributed by atoms with Crippen molar-refractivity contribution in [3.8, 4) is 11.1 Å². The van der Waals surface area contributed by atoms with Crippen molar-refractivity contribution >= 4 is 60.5 Å². The van der Waals surface area contributed by atoms with Crippen molar-refractivity contribution in [2.75, 3.05) is 4.90 Å². The quantitative estimate of drug-likeness (QED) is 0.227. The summed E-state index contributed by atoms with van der Waals surface area (Å²) in [5.41, 5.74) is 8.58. The van der Waals surface area contributed by atoms with E-state index in [4.69, 9.17) is 4.42 Å². The third-order valence-corrected chi connectivity index (χ3v) is 8.07. The van der Waals surface area contributed by atoms with Gasteiger partial charge in [0.2, 0.25) is 0 Å². The molecule has 194 valence electrons. The van der Waals surface area contributed by atoms with Crippen LogP contribution in [0, 0.1) is 6.92 Å². The Hall–Kier alpha value is -5.34. The first-order valence-electron chi connectivity index (χ1n) is 14.0. The van der Waals surface area contributed by atoms with Crippen LogP contribution in [-0.2, 0) is 0 Å². The van der Waals surface area contributed by atoms with Crippen molar-refractivity contribution in [2.24, 2.45) is 0 Å². The molecule has 0 aliphatic heterocycles. The Morgan fingerprint density at radius 1 is 0.488 bits per heavy atom. The Morgan fingerprint density at radius 2 is 1.20 bits per heavy atom. The lowest BCUT2D eigenvalue weighted by Crippen LogP contribution is -2.12. The first-order chi connectivity index (χ1) is 20.2. The van der Waals surface area contributed by atoms with Crippen molar-refractivity contribution in [2.45, 2.75) is 6.92 Å². The van der Waals surface area contributed by atoms with Crippen LogP contribution in [0.25, 0.3) is 54.6 Å². The molecule has 0 saturated heterocycles. The minimum Gasteiger partial charge on any atom is -0.454 e. The summed E-state index contributed by atoms with van der Waals surface area (Å²) in [4.78, 5) is 2.37. The highest BCUT2D eigenvalue weighted by molar-refractivity contribution is 6.12. The molecule has 1 heterocycles. The molecule has 0 atom stereocenters. The van der Waals surface area contributed by atoms with Gasteiger partial charge in [0.25, 0.3) is 0 Å². The second kappa shape index (κ2) is 9.39. The predicted molar refractivity (Wildman–Crippen MR) is 174 cm³/mol. The van der Waals surface area contributed by atoms with Crippen molar-refractivity contribution < 1.29 is 4.42 Å². The highest BCUT2D eigenvalue weighted by Gasteiger charge is 2.23. The number of hydrogen-bond acceptors (Lipinski definition) is 2. The Labute approximate surface area is 238 Å². The van der Waals surface area contributed by atoms with E-state index in [1.165, 1.54) is 38.2 Å². The summed E-state index contributed by atoms with van der Waals surface area (Å²) < 4.78 is 6.59. The molecule has 7 aromatic carbocycles. The normalized spacial score (nSPS) is 11.5. The van der Waals surface area contributed by atoms with Crippen LogP contribution >= 0.6 is 0 Å². The first kappa shape index (κ1) is 23.5. The van der Waals surface area contributed by atoms with E-state index in [9.17, 15) is 0 Å². The van der Waals surface area contributed by atoms with E-state index in [1.807, 2.05) is 12.1 Å². The number of aryl methyl sites for hydroxylation is 1. The predicted octanol–water partition coefficient (Wildman–Crippen LogP) is 11.3. The molecule has 2 heteroatoms. The molecule has 0 amide bonds. The lowest BCUT2D eigenvalue weighted by atomic mass is 9.93. The number of furan rings is 1. The summed E-state index contributed by atoms with van der Waals surface area (Å²) in [5, 5.41) is 7.14. The highest BCUT2D eigenvalue weighted by atomic mass is 16.3. The van der Waals surface area contributed by atoms with Gasteiger partial charge in [-0.05, 0) is 76.0 Å². The van der Waals surface area contributed by atoms with Gasteiger partial charge in [0.05, 0.1) is 11.4 Å². The maximum atomic E-state index is 6.59. The number of hydrogen-bond donors (Lipinski definition) is 0. The largest absolute Gasteiger partial charge is 0.454 e. The van der Waals surface area contributed by atoms with Gasteiger partial charge in [0.1, 0.15) is 5.58 Å². The monoisotopic (exact) mass is 525 g/mol. The van der Waals surface area contributed by atoms with Crippen molar-refractivity contribution in [1.29, 1.82) is 0 Å². The Balaban J connectivity index is 1.48. The highest BCUT2D eigenvalue weighted by Crippen LogP contribution is 2.47. The van der Waals surface area contributed by atoms with E-state index in [-0.39, 0.29) is 0 Å². The van der Waals surface area contributed by atoms with Gasteiger partial charge < -0.3 is 9.32 Å². The van der Waals surface area contributed by atoms with Gasteiger partial charge in [-0.25, -0.2) is 0 Å². The van der Waals surface area contributed by atoms with Crippen LogP contribution in [0.5, 0.6) is 0 Å². The molecule has 1 aromatic heterocycles. The van der Waals surface area contributed by atoms with E-state index in [1.54, 1.807) is 0 Å². The van der Waals surface area contributed by atoms with Crippen LogP contribution < -0.4 is 4.90 Å². The average Bonchev–Trinajstić information content (AvgIpc) is 3.40. The van der Waals surface area contributed by atoms with Crippen LogP contribution in [0.15, 0.2) is 150 Å². The molecule has 41 heavy (non-hydrogen) atoms. The number of anilines is 3. The number of rotatable bonds is 4. The molecule has 0 saturated carbocycles. The lowest BCUT2D eigenvalue weighted by Gasteiger charge is -2.29. The number of nitrogens with zero attached hydrogens (tertiary/aromatic N) is 1. The van der Waals surface area contributed by atoms with Gasteiger partial charge in [-0.2, -0.15) is 0 Å². The van der Waals surface area contributed by atoms with Gasteiger partial charge in [0.15, 0.2) is 5.58 Å². The number of benzene rings is 7. The van der Waals surface area contributed by atoms with Crippen LogP contribution in [-0.4, -0.2) is 0 Å². The summed E-state index contributed by atoms with van der Waals surface area (Å²) in [6.07, 6.45) is 0. The van der Waals surface area contributed by atoms with E-state index in [0.29, 0.717) is 0 Å². The van der Waals surface area contributed by atoms with E-state index in [2.05, 4.69) is 145 Å². The summed E-state index contributed by atoms with van der Waals surface area (Å²) in [6, 6.07) is 52.0. The molecule has 0 unspecified atom stereocenters. The molecular formula is C39H27NO. The minimum absolute atomic E-state index is 0.882.